The highest BCUT2D eigenvalue weighted by molar-refractivity contribution is 5.43. The molecule has 5 heteroatoms. The highest BCUT2D eigenvalue weighted by atomic mass is 16.6. The smallest absolute Gasteiger partial charge is 0.272 e. The van der Waals surface area contributed by atoms with Crippen molar-refractivity contribution < 1.29 is 9.66 Å². The Bertz CT molecular complexity index is 510. The van der Waals surface area contributed by atoms with Gasteiger partial charge in [0.15, 0.2) is 0 Å². The van der Waals surface area contributed by atoms with Crippen LogP contribution >= 0.6 is 0 Å². The van der Waals surface area contributed by atoms with E-state index in [1.807, 2.05) is 12.1 Å². The van der Waals surface area contributed by atoms with Crippen molar-refractivity contribution >= 4 is 5.69 Å². The SMILES string of the molecule is Cc1ccc(C(C)NCC2(C)CCOCC2)cc1[N+](=O)[O-]. The first-order chi connectivity index (χ1) is 9.91. The molecular weight excluding hydrogens is 268 g/mol. The molecule has 1 heterocycles. The van der Waals surface area contributed by atoms with Crippen molar-refractivity contribution in [3.05, 3.63) is 39.4 Å². The zero-order valence-corrected chi connectivity index (χ0v) is 13.0. The molecule has 2 rings (SSSR count). The summed E-state index contributed by atoms with van der Waals surface area (Å²) in [5.74, 6) is 0. The van der Waals surface area contributed by atoms with Gasteiger partial charge in [0.1, 0.15) is 0 Å². The van der Waals surface area contributed by atoms with E-state index >= 15 is 0 Å². The van der Waals surface area contributed by atoms with Crippen LogP contribution in [0, 0.1) is 22.5 Å². The van der Waals surface area contributed by atoms with Gasteiger partial charge < -0.3 is 10.1 Å². The van der Waals surface area contributed by atoms with Crippen LogP contribution in [0.3, 0.4) is 0 Å². The van der Waals surface area contributed by atoms with Gasteiger partial charge in [-0.3, -0.25) is 10.1 Å². The van der Waals surface area contributed by atoms with E-state index in [9.17, 15) is 10.1 Å². The molecule has 1 aliphatic rings. The number of nitro groups is 1. The van der Waals surface area contributed by atoms with Crippen LogP contribution in [-0.4, -0.2) is 24.7 Å². The molecule has 0 aromatic heterocycles. The van der Waals surface area contributed by atoms with Gasteiger partial charge in [-0.05, 0) is 37.7 Å². The molecular formula is C16H24N2O3. The lowest BCUT2D eigenvalue weighted by Gasteiger charge is -2.34. The lowest BCUT2D eigenvalue weighted by molar-refractivity contribution is -0.385. The minimum absolute atomic E-state index is 0.101. The molecule has 1 aliphatic heterocycles. The predicted octanol–water partition coefficient (Wildman–Crippen LogP) is 3.37. The molecule has 0 bridgehead atoms. The maximum atomic E-state index is 11.0. The standard InChI is InChI=1S/C16H24N2O3/c1-12-4-5-14(10-15(12)18(19)20)13(2)17-11-16(3)6-8-21-9-7-16/h4-5,10,13,17H,6-9,11H2,1-3H3. The van der Waals surface area contributed by atoms with Gasteiger partial charge >= 0.3 is 0 Å². The number of nitro benzene ring substituents is 1. The van der Waals surface area contributed by atoms with Gasteiger partial charge in [-0.1, -0.05) is 19.1 Å². The Morgan fingerprint density at radius 2 is 2.10 bits per heavy atom. The molecule has 0 aliphatic carbocycles. The maximum Gasteiger partial charge on any atom is 0.272 e. The molecule has 1 atom stereocenters. The molecule has 1 N–H and O–H groups in total. The van der Waals surface area contributed by atoms with Crippen LogP contribution in [-0.2, 0) is 4.74 Å². The van der Waals surface area contributed by atoms with Gasteiger partial charge in [-0.2, -0.15) is 0 Å². The fourth-order valence-corrected chi connectivity index (χ4v) is 2.65. The van der Waals surface area contributed by atoms with Crippen LogP contribution in [0.2, 0.25) is 0 Å². The number of hydrogen-bond donors (Lipinski definition) is 1. The molecule has 1 aromatic rings. The van der Waals surface area contributed by atoms with Crippen LogP contribution in [0.15, 0.2) is 18.2 Å². The Morgan fingerprint density at radius 3 is 2.71 bits per heavy atom. The third-order valence-corrected chi connectivity index (χ3v) is 4.46. The highest BCUT2D eigenvalue weighted by Gasteiger charge is 2.27. The Kier molecular flexibility index (Phi) is 4.96. The van der Waals surface area contributed by atoms with Crippen LogP contribution < -0.4 is 5.32 Å². The van der Waals surface area contributed by atoms with Gasteiger partial charge in [-0.25, -0.2) is 0 Å². The van der Waals surface area contributed by atoms with E-state index < -0.39 is 0 Å². The Labute approximate surface area is 125 Å². The van der Waals surface area contributed by atoms with Crippen LogP contribution in [0.1, 0.15) is 43.9 Å². The summed E-state index contributed by atoms with van der Waals surface area (Å²) in [4.78, 5) is 10.7. The minimum Gasteiger partial charge on any atom is -0.381 e. The molecule has 0 saturated carbocycles. The minimum atomic E-state index is -0.314. The van der Waals surface area contributed by atoms with Gasteiger partial charge in [0, 0.05) is 37.4 Å². The van der Waals surface area contributed by atoms with E-state index in [0.29, 0.717) is 5.56 Å². The van der Waals surface area contributed by atoms with E-state index in [4.69, 9.17) is 4.74 Å². The third-order valence-electron chi connectivity index (χ3n) is 4.46. The number of ether oxygens (including phenoxy) is 1. The number of nitrogens with one attached hydrogen (secondary N) is 1. The molecule has 1 saturated heterocycles. The van der Waals surface area contributed by atoms with Gasteiger partial charge in [-0.15, -0.1) is 0 Å². The molecule has 0 amide bonds. The van der Waals surface area contributed by atoms with Crippen molar-refractivity contribution in [1.82, 2.24) is 5.32 Å². The summed E-state index contributed by atoms with van der Waals surface area (Å²) in [7, 11) is 0. The molecule has 21 heavy (non-hydrogen) atoms. The zero-order chi connectivity index (χ0) is 15.5. The van der Waals surface area contributed by atoms with Gasteiger partial charge in [0.25, 0.3) is 5.69 Å². The fourth-order valence-electron chi connectivity index (χ4n) is 2.65. The number of rotatable bonds is 5. The second-order valence-corrected chi connectivity index (χ2v) is 6.33. The summed E-state index contributed by atoms with van der Waals surface area (Å²) in [5.41, 5.74) is 2.11. The second kappa shape index (κ2) is 6.54. The van der Waals surface area contributed by atoms with Crippen molar-refractivity contribution in [3.63, 3.8) is 0 Å². The van der Waals surface area contributed by atoms with Crippen molar-refractivity contribution in [2.24, 2.45) is 5.41 Å². The van der Waals surface area contributed by atoms with E-state index in [0.717, 1.165) is 38.2 Å². The zero-order valence-electron chi connectivity index (χ0n) is 13.0. The van der Waals surface area contributed by atoms with Crippen molar-refractivity contribution in [3.8, 4) is 0 Å². The summed E-state index contributed by atoms with van der Waals surface area (Å²) in [6, 6.07) is 5.57. The second-order valence-electron chi connectivity index (χ2n) is 6.33. The molecule has 116 valence electrons. The molecule has 1 unspecified atom stereocenters. The highest BCUT2D eigenvalue weighted by Crippen LogP contribution is 2.30. The average molecular weight is 292 g/mol. The average Bonchev–Trinajstić information content (AvgIpc) is 2.46. The summed E-state index contributed by atoms with van der Waals surface area (Å²) in [6.07, 6.45) is 2.11. The summed E-state index contributed by atoms with van der Waals surface area (Å²) >= 11 is 0. The van der Waals surface area contributed by atoms with Crippen LogP contribution in [0.4, 0.5) is 5.69 Å². The molecule has 5 nitrogen and oxygen atoms in total. The normalized spacial score (nSPS) is 19.2. The fraction of sp³-hybridized carbons (Fsp3) is 0.625. The van der Waals surface area contributed by atoms with Crippen LogP contribution in [0.25, 0.3) is 0 Å². The van der Waals surface area contributed by atoms with Gasteiger partial charge in [0.05, 0.1) is 4.92 Å². The summed E-state index contributed by atoms with van der Waals surface area (Å²) in [5, 5.41) is 14.5. The number of hydrogen-bond acceptors (Lipinski definition) is 4. The summed E-state index contributed by atoms with van der Waals surface area (Å²) < 4.78 is 5.41. The summed E-state index contributed by atoms with van der Waals surface area (Å²) in [6.45, 7) is 8.64. The van der Waals surface area contributed by atoms with Crippen molar-refractivity contribution in [1.29, 1.82) is 0 Å². The van der Waals surface area contributed by atoms with E-state index in [1.54, 1.807) is 13.0 Å². The van der Waals surface area contributed by atoms with E-state index in [-0.39, 0.29) is 22.1 Å². The quantitative estimate of drug-likeness (QED) is 0.667. The lowest BCUT2D eigenvalue weighted by Crippen LogP contribution is -2.37. The molecule has 1 aromatic carbocycles. The van der Waals surface area contributed by atoms with E-state index in [2.05, 4.69) is 19.2 Å². The number of benzene rings is 1. The van der Waals surface area contributed by atoms with Crippen molar-refractivity contribution in [2.75, 3.05) is 19.8 Å². The number of aryl methyl sites for hydroxylation is 1. The molecule has 0 spiro atoms. The van der Waals surface area contributed by atoms with Crippen molar-refractivity contribution in [2.45, 2.75) is 39.7 Å². The van der Waals surface area contributed by atoms with E-state index in [1.165, 1.54) is 0 Å². The first kappa shape index (κ1) is 15.9. The Hall–Kier alpha value is -1.46. The predicted molar refractivity (Wildman–Crippen MR) is 82.4 cm³/mol. The largest absolute Gasteiger partial charge is 0.381 e. The first-order valence-electron chi connectivity index (χ1n) is 7.47. The number of nitrogens with zero attached hydrogens (tertiary/aromatic N) is 1. The first-order valence-corrected chi connectivity index (χ1v) is 7.47. The lowest BCUT2D eigenvalue weighted by atomic mass is 9.82. The van der Waals surface area contributed by atoms with Gasteiger partial charge in [0.2, 0.25) is 0 Å². The molecule has 1 fully saturated rings. The monoisotopic (exact) mass is 292 g/mol. The third kappa shape index (κ3) is 4.02. The molecule has 0 radical (unpaired) electrons. The maximum absolute atomic E-state index is 11.0. The van der Waals surface area contributed by atoms with Crippen LogP contribution in [0.5, 0.6) is 0 Å². The Balaban J connectivity index is 2.01. The topological polar surface area (TPSA) is 64.4 Å². The Morgan fingerprint density at radius 1 is 1.43 bits per heavy atom.